The van der Waals surface area contributed by atoms with Crippen LogP contribution in [-0.2, 0) is 9.53 Å². The molecule has 1 aliphatic rings. The summed E-state index contributed by atoms with van der Waals surface area (Å²) in [5.41, 5.74) is 1.62. The maximum Gasteiger partial charge on any atom is 0.224 e. The molecule has 1 amide bonds. The standard InChI is InChI=1S/C17H22N2O3S/c1-11-18-14-8-15(21-2)13(9-16(14)23-11)19-17(20)6-5-12-4-3-7-22-10-12/h8-9,12H,3-7,10H2,1-2H3,(H,19,20). The number of anilines is 1. The number of aromatic nitrogens is 1. The first-order chi connectivity index (χ1) is 11.2. The number of carbonyl (C=O) groups is 1. The van der Waals surface area contributed by atoms with Crippen molar-refractivity contribution in [3.8, 4) is 5.75 Å². The van der Waals surface area contributed by atoms with E-state index < -0.39 is 0 Å². The van der Waals surface area contributed by atoms with Crippen LogP contribution < -0.4 is 10.1 Å². The van der Waals surface area contributed by atoms with E-state index in [1.165, 1.54) is 0 Å². The van der Waals surface area contributed by atoms with Crippen molar-refractivity contribution in [2.24, 2.45) is 5.92 Å². The topological polar surface area (TPSA) is 60.5 Å². The van der Waals surface area contributed by atoms with E-state index in [-0.39, 0.29) is 5.91 Å². The first kappa shape index (κ1) is 16.2. The predicted octanol–water partition coefficient (Wildman–Crippen LogP) is 3.76. The molecule has 6 heteroatoms. The summed E-state index contributed by atoms with van der Waals surface area (Å²) in [6.45, 7) is 3.61. The summed E-state index contributed by atoms with van der Waals surface area (Å²) < 4.78 is 11.9. The highest BCUT2D eigenvalue weighted by atomic mass is 32.1. The van der Waals surface area contributed by atoms with Gasteiger partial charge in [-0.2, -0.15) is 0 Å². The Bertz CT molecular complexity index is 692. The molecule has 2 heterocycles. The molecule has 0 radical (unpaired) electrons. The average molecular weight is 334 g/mol. The van der Waals surface area contributed by atoms with Gasteiger partial charge in [0.25, 0.3) is 0 Å². The number of fused-ring (bicyclic) bond motifs is 1. The molecule has 1 aromatic heterocycles. The van der Waals surface area contributed by atoms with Gasteiger partial charge in [0.2, 0.25) is 5.91 Å². The van der Waals surface area contributed by atoms with Crippen LogP contribution in [0.15, 0.2) is 12.1 Å². The van der Waals surface area contributed by atoms with E-state index in [9.17, 15) is 4.79 Å². The molecule has 124 valence electrons. The Hall–Kier alpha value is -1.66. The van der Waals surface area contributed by atoms with Gasteiger partial charge in [-0.05, 0) is 38.2 Å². The molecule has 0 spiro atoms. The average Bonchev–Trinajstić information content (AvgIpc) is 2.92. The van der Waals surface area contributed by atoms with Crippen LogP contribution in [0.3, 0.4) is 0 Å². The maximum absolute atomic E-state index is 12.2. The molecule has 3 rings (SSSR count). The van der Waals surface area contributed by atoms with Crippen molar-refractivity contribution in [2.75, 3.05) is 25.6 Å². The van der Waals surface area contributed by atoms with E-state index in [0.29, 0.717) is 23.8 Å². The van der Waals surface area contributed by atoms with Gasteiger partial charge in [0.15, 0.2) is 0 Å². The number of nitrogens with one attached hydrogen (secondary N) is 1. The van der Waals surface area contributed by atoms with Crippen LogP contribution in [0.25, 0.3) is 10.2 Å². The second-order valence-corrected chi connectivity index (χ2v) is 7.16. The predicted molar refractivity (Wildman–Crippen MR) is 92.3 cm³/mol. The Labute approximate surface area is 140 Å². The minimum absolute atomic E-state index is 0.0226. The summed E-state index contributed by atoms with van der Waals surface area (Å²) in [4.78, 5) is 16.7. The fourth-order valence-electron chi connectivity index (χ4n) is 2.92. The van der Waals surface area contributed by atoms with Gasteiger partial charge < -0.3 is 14.8 Å². The highest BCUT2D eigenvalue weighted by Gasteiger charge is 2.16. The van der Waals surface area contributed by atoms with Gasteiger partial charge in [0, 0.05) is 25.7 Å². The lowest BCUT2D eigenvalue weighted by molar-refractivity contribution is -0.116. The van der Waals surface area contributed by atoms with Crippen LogP contribution >= 0.6 is 11.3 Å². The number of hydrogen-bond acceptors (Lipinski definition) is 5. The molecule has 1 atom stereocenters. The van der Waals surface area contributed by atoms with Gasteiger partial charge in [-0.25, -0.2) is 4.98 Å². The van der Waals surface area contributed by atoms with Crippen molar-refractivity contribution in [3.63, 3.8) is 0 Å². The van der Waals surface area contributed by atoms with Gasteiger partial charge in [-0.15, -0.1) is 11.3 Å². The van der Waals surface area contributed by atoms with E-state index in [1.54, 1.807) is 18.4 Å². The van der Waals surface area contributed by atoms with Crippen LogP contribution in [0.1, 0.15) is 30.7 Å². The van der Waals surface area contributed by atoms with E-state index in [2.05, 4.69) is 10.3 Å². The minimum atomic E-state index is 0.0226. The number of carbonyl (C=O) groups excluding carboxylic acids is 1. The van der Waals surface area contributed by atoms with E-state index >= 15 is 0 Å². The van der Waals surface area contributed by atoms with Crippen molar-refractivity contribution >= 4 is 33.1 Å². The third-order valence-corrected chi connectivity index (χ3v) is 5.06. The monoisotopic (exact) mass is 334 g/mol. The summed E-state index contributed by atoms with van der Waals surface area (Å²) in [6.07, 6.45) is 3.64. The normalized spacial score (nSPS) is 18.1. The number of rotatable bonds is 5. The zero-order valence-corrected chi connectivity index (χ0v) is 14.4. The molecule has 1 unspecified atom stereocenters. The molecule has 1 saturated heterocycles. The summed E-state index contributed by atoms with van der Waals surface area (Å²) >= 11 is 1.61. The lowest BCUT2D eigenvalue weighted by Gasteiger charge is -2.21. The third-order valence-electron chi connectivity index (χ3n) is 4.12. The molecule has 23 heavy (non-hydrogen) atoms. The molecule has 2 aromatic rings. The van der Waals surface area contributed by atoms with Gasteiger partial charge in [0.1, 0.15) is 5.75 Å². The van der Waals surface area contributed by atoms with E-state index in [1.807, 2.05) is 19.1 Å². The highest BCUT2D eigenvalue weighted by molar-refractivity contribution is 7.18. The molecule has 1 aromatic carbocycles. The Balaban J connectivity index is 1.65. The zero-order valence-electron chi connectivity index (χ0n) is 13.6. The number of hydrogen-bond donors (Lipinski definition) is 1. The Kier molecular flexibility index (Phi) is 5.13. The molecule has 1 N–H and O–H groups in total. The third kappa shape index (κ3) is 4.00. The van der Waals surface area contributed by atoms with Crippen LogP contribution in [0.4, 0.5) is 5.69 Å². The number of benzene rings is 1. The molecular weight excluding hydrogens is 312 g/mol. The smallest absolute Gasteiger partial charge is 0.224 e. The molecule has 1 aliphatic heterocycles. The van der Waals surface area contributed by atoms with Crippen LogP contribution in [0, 0.1) is 12.8 Å². The first-order valence-electron chi connectivity index (χ1n) is 7.98. The van der Waals surface area contributed by atoms with Crippen molar-refractivity contribution in [1.82, 2.24) is 4.98 Å². The SMILES string of the molecule is COc1cc2nc(C)sc2cc1NC(=O)CCC1CCCOC1. The van der Waals surface area contributed by atoms with Crippen LogP contribution in [-0.4, -0.2) is 31.2 Å². The van der Waals surface area contributed by atoms with Crippen molar-refractivity contribution in [3.05, 3.63) is 17.1 Å². The molecule has 0 bridgehead atoms. The van der Waals surface area contributed by atoms with E-state index in [4.69, 9.17) is 9.47 Å². The van der Waals surface area contributed by atoms with Crippen molar-refractivity contribution in [1.29, 1.82) is 0 Å². The highest BCUT2D eigenvalue weighted by Crippen LogP contribution is 2.33. The van der Waals surface area contributed by atoms with Gasteiger partial charge >= 0.3 is 0 Å². The summed E-state index contributed by atoms with van der Waals surface area (Å²) in [5, 5.41) is 3.98. The molecule has 0 aliphatic carbocycles. The summed E-state index contributed by atoms with van der Waals surface area (Å²) in [6, 6.07) is 3.82. The fourth-order valence-corrected chi connectivity index (χ4v) is 3.77. The number of aryl methyl sites for hydroxylation is 1. The second kappa shape index (κ2) is 7.27. The lowest BCUT2D eigenvalue weighted by Crippen LogP contribution is -2.20. The van der Waals surface area contributed by atoms with Gasteiger partial charge in [-0.1, -0.05) is 0 Å². The number of ether oxygens (including phenoxy) is 2. The summed E-state index contributed by atoms with van der Waals surface area (Å²) in [7, 11) is 1.61. The minimum Gasteiger partial charge on any atom is -0.494 e. The van der Waals surface area contributed by atoms with Gasteiger partial charge in [-0.3, -0.25) is 4.79 Å². The van der Waals surface area contributed by atoms with Crippen LogP contribution in [0.5, 0.6) is 5.75 Å². The molecule has 1 fully saturated rings. The molecular formula is C17H22N2O3S. The van der Waals surface area contributed by atoms with Gasteiger partial charge in [0.05, 0.1) is 28.0 Å². The van der Waals surface area contributed by atoms with Crippen LogP contribution in [0.2, 0.25) is 0 Å². The second-order valence-electron chi connectivity index (χ2n) is 5.92. The van der Waals surface area contributed by atoms with Crippen molar-refractivity contribution in [2.45, 2.75) is 32.6 Å². The summed E-state index contributed by atoms with van der Waals surface area (Å²) in [5.74, 6) is 1.18. The zero-order chi connectivity index (χ0) is 16.2. The Morgan fingerprint density at radius 2 is 2.39 bits per heavy atom. The maximum atomic E-state index is 12.2. The number of nitrogens with zero attached hydrogens (tertiary/aromatic N) is 1. The molecule has 5 nitrogen and oxygen atoms in total. The fraction of sp³-hybridized carbons (Fsp3) is 0.529. The number of amides is 1. The lowest BCUT2D eigenvalue weighted by atomic mass is 9.97. The number of thiazole rings is 1. The Morgan fingerprint density at radius 3 is 3.13 bits per heavy atom. The number of methoxy groups -OCH3 is 1. The first-order valence-corrected chi connectivity index (χ1v) is 8.80. The largest absolute Gasteiger partial charge is 0.494 e. The quantitative estimate of drug-likeness (QED) is 0.904. The Morgan fingerprint density at radius 1 is 1.52 bits per heavy atom. The van der Waals surface area contributed by atoms with E-state index in [0.717, 1.165) is 47.7 Å². The molecule has 0 saturated carbocycles. The van der Waals surface area contributed by atoms with Crippen molar-refractivity contribution < 1.29 is 14.3 Å².